The van der Waals surface area contributed by atoms with E-state index in [2.05, 4.69) is 5.32 Å². The fourth-order valence-corrected chi connectivity index (χ4v) is 2.49. The summed E-state index contributed by atoms with van der Waals surface area (Å²) >= 11 is 6.12. The van der Waals surface area contributed by atoms with Gasteiger partial charge in [0.05, 0.1) is 4.92 Å². The van der Waals surface area contributed by atoms with Gasteiger partial charge < -0.3 is 10.2 Å². The first kappa shape index (κ1) is 11.4. The molecule has 0 amide bonds. The third-order valence-corrected chi connectivity index (χ3v) is 3.42. The average molecular weight is 244 g/mol. The zero-order chi connectivity index (χ0) is 11.5. The SMILES string of the molecule is O=[N+]([O-])C1=CC=CN(C2CCNCC2)C1Cl. The molecule has 1 saturated heterocycles. The molecule has 1 unspecified atom stereocenters. The second-order valence-corrected chi connectivity index (χ2v) is 4.37. The normalized spacial score (nSPS) is 26.7. The van der Waals surface area contributed by atoms with Gasteiger partial charge in [0, 0.05) is 18.3 Å². The van der Waals surface area contributed by atoms with E-state index in [4.69, 9.17) is 11.6 Å². The van der Waals surface area contributed by atoms with Crippen LogP contribution in [-0.4, -0.2) is 34.5 Å². The van der Waals surface area contributed by atoms with Crippen LogP contribution in [0.1, 0.15) is 12.8 Å². The summed E-state index contributed by atoms with van der Waals surface area (Å²) in [5, 5.41) is 14.0. The Morgan fingerprint density at radius 3 is 2.81 bits per heavy atom. The van der Waals surface area contributed by atoms with Crippen molar-refractivity contribution >= 4 is 11.6 Å². The van der Waals surface area contributed by atoms with Gasteiger partial charge in [-0.3, -0.25) is 10.1 Å². The molecule has 0 saturated carbocycles. The van der Waals surface area contributed by atoms with Crippen LogP contribution in [0, 0.1) is 10.1 Å². The Morgan fingerprint density at radius 2 is 2.19 bits per heavy atom. The minimum Gasteiger partial charge on any atom is -0.350 e. The number of hydrogen-bond donors (Lipinski definition) is 1. The number of alkyl halides is 1. The molecule has 2 aliphatic heterocycles. The Balaban J connectivity index is 2.09. The van der Waals surface area contributed by atoms with E-state index in [0.717, 1.165) is 25.9 Å². The predicted molar refractivity (Wildman–Crippen MR) is 61.6 cm³/mol. The van der Waals surface area contributed by atoms with Crippen molar-refractivity contribution in [3.63, 3.8) is 0 Å². The number of hydrogen-bond acceptors (Lipinski definition) is 4. The van der Waals surface area contributed by atoms with Crippen molar-refractivity contribution in [2.45, 2.75) is 24.4 Å². The highest BCUT2D eigenvalue weighted by atomic mass is 35.5. The van der Waals surface area contributed by atoms with Crippen LogP contribution in [0.3, 0.4) is 0 Å². The standard InChI is InChI=1S/C10H14ClN3O2/c11-10-9(14(15)16)2-1-7-13(10)8-3-5-12-6-4-8/h1-2,7-8,10,12H,3-6H2. The lowest BCUT2D eigenvalue weighted by Gasteiger charge is -2.36. The van der Waals surface area contributed by atoms with E-state index in [1.165, 1.54) is 6.08 Å². The quantitative estimate of drug-likeness (QED) is 0.344. The highest BCUT2D eigenvalue weighted by molar-refractivity contribution is 6.22. The minimum absolute atomic E-state index is 0.0581. The maximum absolute atomic E-state index is 10.8. The molecule has 2 aliphatic rings. The molecule has 0 aromatic carbocycles. The smallest absolute Gasteiger partial charge is 0.283 e. The van der Waals surface area contributed by atoms with Gasteiger partial charge in [-0.15, -0.1) is 0 Å². The van der Waals surface area contributed by atoms with Gasteiger partial charge in [-0.2, -0.15) is 0 Å². The second-order valence-electron chi connectivity index (χ2n) is 3.95. The largest absolute Gasteiger partial charge is 0.350 e. The van der Waals surface area contributed by atoms with Gasteiger partial charge in [0.2, 0.25) is 0 Å². The molecule has 6 heteroatoms. The van der Waals surface area contributed by atoms with Gasteiger partial charge in [0.15, 0.2) is 5.50 Å². The summed E-state index contributed by atoms with van der Waals surface area (Å²) in [5.41, 5.74) is -0.592. The molecule has 0 radical (unpaired) electrons. The fourth-order valence-electron chi connectivity index (χ4n) is 2.11. The molecular formula is C10H14ClN3O2. The Morgan fingerprint density at radius 1 is 1.50 bits per heavy atom. The topological polar surface area (TPSA) is 58.4 Å². The van der Waals surface area contributed by atoms with E-state index >= 15 is 0 Å². The van der Waals surface area contributed by atoms with Crippen molar-refractivity contribution in [2.75, 3.05) is 13.1 Å². The summed E-state index contributed by atoms with van der Waals surface area (Å²) in [6, 6.07) is 0.295. The molecule has 2 rings (SSSR count). The molecule has 88 valence electrons. The van der Waals surface area contributed by atoms with E-state index in [1.807, 2.05) is 11.1 Å². The number of nitrogens with zero attached hydrogens (tertiary/aromatic N) is 2. The van der Waals surface area contributed by atoms with Crippen LogP contribution in [0.25, 0.3) is 0 Å². The molecule has 0 aliphatic carbocycles. The van der Waals surface area contributed by atoms with Crippen LogP contribution in [0.4, 0.5) is 0 Å². The lowest BCUT2D eigenvalue weighted by Crippen LogP contribution is -2.45. The van der Waals surface area contributed by atoms with E-state index in [9.17, 15) is 10.1 Å². The van der Waals surface area contributed by atoms with Gasteiger partial charge in [0.25, 0.3) is 5.70 Å². The summed E-state index contributed by atoms with van der Waals surface area (Å²) in [5.74, 6) is 0. The molecule has 2 heterocycles. The van der Waals surface area contributed by atoms with Crippen LogP contribution >= 0.6 is 11.6 Å². The summed E-state index contributed by atoms with van der Waals surface area (Å²) in [6.07, 6.45) is 6.95. The predicted octanol–water partition coefficient (Wildman–Crippen LogP) is 1.29. The Hall–Kier alpha value is -1.07. The number of nitrogens with one attached hydrogen (secondary N) is 1. The molecule has 1 fully saturated rings. The summed E-state index contributed by atoms with van der Waals surface area (Å²) in [7, 11) is 0. The van der Waals surface area contributed by atoms with E-state index in [0.29, 0.717) is 6.04 Å². The first-order valence-electron chi connectivity index (χ1n) is 5.35. The molecule has 0 aromatic rings. The van der Waals surface area contributed by atoms with Gasteiger partial charge in [-0.05, 0) is 32.0 Å². The third-order valence-electron chi connectivity index (χ3n) is 2.97. The van der Waals surface area contributed by atoms with Crippen LogP contribution in [-0.2, 0) is 0 Å². The monoisotopic (exact) mass is 243 g/mol. The van der Waals surface area contributed by atoms with Crippen LogP contribution in [0.2, 0.25) is 0 Å². The Labute approximate surface area is 98.9 Å². The minimum atomic E-state index is -0.650. The van der Waals surface area contributed by atoms with Crippen molar-refractivity contribution in [2.24, 2.45) is 0 Å². The number of halogens is 1. The summed E-state index contributed by atoms with van der Waals surface area (Å²) in [6.45, 7) is 1.88. The highest BCUT2D eigenvalue weighted by Gasteiger charge is 2.33. The van der Waals surface area contributed by atoms with Crippen LogP contribution in [0.5, 0.6) is 0 Å². The highest BCUT2D eigenvalue weighted by Crippen LogP contribution is 2.26. The number of allylic oxidation sites excluding steroid dienone is 2. The van der Waals surface area contributed by atoms with Gasteiger partial charge in [-0.25, -0.2) is 0 Å². The number of nitro groups is 1. The lowest BCUT2D eigenvalue weighted by molar-refractivity contribution is -0.430. The molecular weight excluding hydrogens is 230 g/mol. The van der Waals surface area contributed by atoms with Crippen molar-refractivity contribution in [3.8, 4) is 0 Å². The number of piperidine rings is 1. The first-order valence-corrected chi connectivity index (χ1v) is 5.79. The maximum atomic E-state index is 10.8. The van der Waals surface area contributed by atoms with Crippen LogP contribution < -0.4 is 5.32 Å². The zero-order valence-electron chi connectivity index (χ0n) is 8.80. The van der Waals surface area contributed by atoms with E-state index < -0.39 is 10.4 Å². The van der Waals surface area contributed by atoms with Crippen LogP contribution in [0.15, 0.2) is 24.0 Å². The van der Waals surface area contributed by atoms with E-state index in [1.54, 1.807) is 6.08 Å². The second kappa shape index (κ2) is 4.84. The lowest BCUT2D eigenvalue weighted by atomic mass is 10.0. The average Bonchev–Trinajstić information content (AvgIpc) is 2.30. The fraction of sp³-hybridized carbons (Fsp3) is 0.600. The molecule has 1 N–H and O–H groups in total. The molecule has 0 spiro atoms. The molecule has 0 aromatic heterocycles. The third kappa shape index (κ3) is 2.20. The van der Waals surface area contributed by atoms with Crippen molar-refractivity contribution in [3.05, 3.63) is 34.2 Å². The van der Waals surface area contributed by atoms with Gasteiger partial charge in [0.1, 0.15) is 0 Å². The molecule has 16 heavy (non-hydrogen) atoms. The number of rotatable bonds is 2. The van der Waals surface area contributed by atoms with Crippen molar-refractivity contribution in [1.29, 1.82) is 0 Å². The summed E-state index contributed by atoms with van der Waals surface area (Å²) in [4.78, 5) is 12.3. The Kier molecular flexibility index (Phi) is 3.46. The van der Waals surface area contributed by atoms with E-state index in [-0.39, 0.29) is 5.70 Å². The molecule has 1 atom stereocenters. The summed E-state index contributed by atoms with van der Waals surface area (Å²) < 4.78 is 0. The maximum Gasteiger partial charge on any atom is 0.283 e. The first-order chi connectivity index (χ1) is 7.70. The van der Waals surface area contributed by atoms with Gasteiger partial charge >= 0.3 is 0 Å². The van der Waals surface area contributed by atoms with Crippen molar-refractivity contribution < 1.29 is 4.92 Å². The van der Waals surface area contributed by atoms with Gasteiger partial charge in [-0.1, -0.05) is 11.6 Å². The molecule has 5 nitrogen and oxygen atoms in total. The molecule has 0 bridgehead atoms. The van der Waals surface area contributed by atoms with Crippen molar-refractivity contribution in [1.82, 2.24) is 10.2 Å². The Bertz CT molecular complexity index is 337. The zero-order valence-corrected chi connectivity index (χ0v) is 9.56.